The number of rotatable bonds is 7. The number of benzene rings is 2. The standard InChI is InChI=1S/C17H21NOS/c1-19-17-10-6-5-7-14(17)13-15(18)11-12-20-16-8-3-2-4-9-16/h2-10,15H,11-13,18H2,1H3. The largest absolute Gasteiger partial charge is 0.496 e. The predicted molar refractivity (Wildman–Crippen MR) is 86.5 cm³/mol. The first-order valence-corrected chi connectivity index (χ1v) is 7.83. The summed E-state index contributed by atoms with van der Waals surface area (Å²) in [7, 11) is 1.70. The van der Waals surface area contributed by atoms with Crippen LogP contribution in [0.25, 0.3) is 0 Å². The highest BCUT2D eigenvalue weighted by atomic mass is 32.2. The Morgan fingerprint density at radius 1 is 1.05 bits per heavy atom. The third-order valence-corrected chi connectivity index (χ3v) is 4.22. The molecule has 0 saturated carbocycles. The summed E-state index contributed by atoms with van der Waals surface area (Å²) in [5.74, 6) is 1.97. The van der Waals surface area contributed by atoms with E-state index in [9.17, 15) is 0 Å². The van der Waals surface area contributed by atoms with Crippen LogP contribution in [0.2, 0.25) is 0 Å². The summed E-state index contributed by atoms with van der Waals surface area (Å²) in [6.07, 6.45) is 1.86. The Morgan fingerprint density at radius 2 is 1.75 bits per heavy atom. The Bertz CT molecular complexity index is 515. The summed E-state index contributed by atoms with van der Waals surface area (Å²) in [6, 6.07) is 18.7. The summed E-state index contributed by atoms with van der Waals surface area (Å²) in [4.78, 5) is 1.30. The van der Waals surface area contributed by atoms with Gasteiger partial charge in [0.1, 0.15) is 5.75 Å². The molecule has 0 heterocycles. The van der Waals surface area contributed by atoms with E-state index in [1.807, 2.05) is 36.0 Å². The van der Waals surface area contributed by atoms with Crippen molar-refractivity contribution in [3.8, 4) is 5.75 Å². The molecule has 1 unspecified atom stereocenters. The highest BCUT2D eigenvalue weighted by Crippen LogP contribution is 2.21. The number of para-hydroxylation sites is 1. The molecule has 2 nitrogen and oxygen atoms in total. The molecular weight excluding hydrogens is 266 g/mol. The van der Waals surface area contributed by atoms with Gasteiger partial charge in [0, 0.05) is 10.9 Å². The van der Waals surface area contributed by atoms with Crippen LogP contribution in [0.4, 0.5) is 0 Å². The number of hydrogen-bond acceptors (Lipinski definition) is 3. The van der Waals surface area contributed by atoms with Gasteiger partial charge >= 0.3 is 0 Å². The zero-order valence-electron chi connectivity index (χ0n) is 11.8. The maximum Gasteiger partial charge on any atom is 0.122 e. The molecule has 0 spiro atoms. The van der Waals surface area contributed by atoms with Crippen molar-refractivity contribution in [3.63, 3.8) is 0 Å². The quantitative estimate of drug-likeness (QED) is 0.788. The summed E-state index contributed by atoms with van der Waals surface area (Å²) in [5, 5.41) is 0. The van der Waals surface area contributed by atoms with E-state index in [0.717, 1.165) is 24.3 Å². The second kappa shape index (κ2) is 7.98. The van der Waals surface area contributed by atoms with Crippen LogP contribution in [0.5, 0.6) is 5.75 Å². The summed E-state index contributed by atoms with van der Waals surface area (Å²) in [6.45, 7) is 0. The van der Waals surface area contributed by atoms with E-state index in [1.54, 1.807) is 7.11 Å². The molecule has 2 N–H and O–H groups in total. The fourth-order valence-corrected chi connectivity index (χ4v) is 3.11. The molecule has 0 aromatic heterocycles. The van der Waals surface area contributed by atoms with Crippen molar-refractivity contribution in [3.05, 3.63) is 60.2 Å². The molecule has 2 rings (SSSR count). The van der Waals surface area contributed by atoms with Crippen LogP contribution in [-0.4, -0.2) is 18.9 Å². The number of methoxy groups -OCH3 is 1. The fourth-order valence-electron chi connectivity index (χ4n) is 2.10. The van der Waals surface area contributed by atoms with Crippen molar-refractivity contribution in [1.82, 2.24) is 0 Å². The van der Waals surface area contributed by atoms with Crippen LogP contribution in [0.1, 0.15) is 12.0 Å². The third-order valence-electron chi connectivity index (χ3n) is 3.18. The predicted octanol–water partition coefficient (Wildman–Crippen LogP) is 3.75. The van der Waals surface area contributed by atoms with Crippen molar-refractivity contribution in [2.24, 2.45) is 5.73 Å². The highest BCUT2D eigenvalue weighted by Gasteiger charge is 2.08. The van der Waals surface area contributed by atoms with Gasteiger partial charge in [0.25, 0.3) is 0 Å². The Labute approximate surface area is 125 Å². The molecule has 0 amide bonds. The molecule has 106 valence electrons. The maximum atomic E-state index is 6.22. The Kier molecular flexibility index (Phi) is 5.96. The Morgan fingerprint density at radius 3 is 2.50 bits per heavy atom. The smallest absolute Gasteiger partial charge is 0.122 e. The number of thioether (sulfide) groups is 1. The summed E-state index contributed by atoms with van der Waals surface area (Å²) in [5.41, 5.74) is 7.41. The lowest BCUT2D eigenvalue weighted by atomic mass is 10.0. The molecule has 1 atom stereocenters. The maximum absolute atomic E-state index is 6.22. The average molecular weight is 287 g/mol. The molecule has 0 radical (unpaired) electrons. The van der Waals surface area contributed by atoms with Crippen molar-refractivity contribution < 1.29 is 4.74 Å². The zero-order valence-corrected chi connectivity index (χ0v) is 12.6. The first-order valence-electron chi connectivity index (χ1n) is 6.85. The van der Waals surface area contributed by atoms with E-state index < -0.39 is 0 Å². The van der Waals surface area contributed by atoms with Crippen LogP contribution in [0.15, 0.2) is 59.5 Å². The number of hydrogen-bond donors (Lipinski definition) is 1. The Hall–Kier alpha value is -1.45. The monoisotopic (exact) mass is 287 g/mol. The minimum absolute atomic E-state index is 0.169. The minimum atomic E-state index is 0.169. The highest BCUT2D eigenvalue weighted by molar-refractivity contribution is 7.99. The second-order valence-corrected chi connectivity index (χ2v) is 5.89. The van der Waals surface area contributed by atoms with Gasteiger partial charge in [-0.3, -0.25) is 0 Å². The van der Waals surface area contributed by atoms with E-state index in [1.165, 1.54) is 10.5 Å². The van der Waals surface area contributed by atoms with Crippen molar-refractivity contribution in [1.29, 1.82) is 0 Å². The average Bonchev–Trinajstić information content (AvgIpc) is 2.49. The molecule has 2 aromatic carbocycles. The van der Waals surface area contributed by atoms with Crippen molar-refractivity contribution in [2.45, 2.75) is 23.8 Å². The molecule has 20 heavy (non-hydrogen) atoms. The molecule has 0 fully saturated rings. The molecule has 0 saturated heterocycles. The zero-order chi connectivity index (χ0) is 14.2. The van der Waals surface area contributed by atoms with Gasteiger partial charge in [-0.15, -0.1) is 11.8 Å². The van der Waals surface area contributed by atoms with Crippen LogP contribution in [0, 0.1) is 0 Å². The Balaban J connectivity index is 1.79. The normalized spacial score (nSPS) is 12.1. The van der Waals surface area contributed by atoms with Gasteiger partial charge in [-0.1, -0.05) is 36.4 Å². The van der Waals surface area contributed by atoms with Gasteiger partial charge in [0.15, 0.2) is 0 Å². The van der Waals surface area contributed by atoms with Crippen LogP contribution in [0.3, 0.4) is 0 Å². The fraction of sp³-hybridized carbons (Fsp3) is 0.294. The molecule has 2 aromatic rings. The van der Waals surface area contributed by atoms with E-state index >= 15 is 0 Å². The van der Waals surface area contributed by atoms with E-state index in [-0.39, 0.29) is 6.04 Å². The van der Waals surface area contributed by atoms with E-state index in [4.69, 9.17) is 10.5 Å². The number of ether oxygens (including phenoxy) is 1. The lowest BCUT2D eigenvalue weighted by Gasteiger charge is -2.14. The molecule has 3 heteroatoms. The molecule has 0 aliphatic rings. The molecule has 0 aliphatic heterocycles. The first kappa shape index (κ1) is 14.9. The lowest BCUT2D eigenvalue weighted by Crippen LogP contribution is -2.23. The molecular formula is C17H21NOS. The minimum Gasteiger partial charge on any atom is -0.496 e. The lowest BCUT2D eigenvalue weighted by molar-refractivity contribution is 0.407. The second-order valence-electron chi connectivity index (χ2n) is 4.73. The number of nitrogens with two attached hydrogens (primary N) is 1. The SMILES string of the molecule is COc1ccccc1CC(N)CCSc1ccccc1. The third kappa shape index (κ3) is 4.58. The molecule has 0 aliphatic carbocycles. The van der Waals surface area contributed by atoms with Gasteiger partial charge in [0.05, 0.1) is 7.11 Å². The topological polar surface area (TPSA) is 35.2 Å². The van der Waals surface area contributed by atoms with Gasteiger partial charge in [-0.2, -0.15) is 0 Å². The van der Waals surface area contributed by atoms with Gasteiger partial charge < -0.3 is 10.5 Å². The molecule has 0 bridgehead atoms. The van der Waals surface area contributed by atoms with Crippen molar-refractivity contribution in [2.75, 3.05) is 12.9 Å². The van der Waals surface area contributed by atoms with Crippen LogP contribution < -0.4 is 10.5 Å². The van der Waals surface area contributed by atoms with E-state index in [0.29, 0.717) is 0 Å². The van der Waals surface area contributed by atoms with Gasteiger partial charge in [-0.25, -0.2) is 0 Å². The van der Waals surface area contributed by atoms with Crippen LogP contribution >= 0.6 is 11.8 Å². The first-order chi connectivity index (χ1) is 9.79. The summed E-state index contributed by atoms with van der Waals surface area (Å²) >= 11 is 1.86. The van der Waals surface area contributed by atoms with E-state index in [2.05, 4.69) is 30.3 Å². The van der Waals surface area contributed by atoms with Crippen molar-refractivity contribution >= 4 is 11.8 Å². The van der Waals surface area contributed by atoms with Gasteiger partial charge in [0.2, 0.25) is 0 Å². The van der Waals surface area contributed by atoms with Gasteiger partial charge in [-0.05, 0) is 42.4 Å². The van der Waals surface area contributed by atoms with Crippen LogP contribution in [-0.2, 0) is 6.42 Å². The summed E-state index contributed by atoms with van der Waals surface area (Å²) < 4.78 is 5.36.